The van der Waals surface area contributed by atoms with E-state index in [1.807, 2.05) is 23.1 Å². The smallest absolute Gasteiger partial charge is 0.224 e. The zero-order chi connectivity index (χ0) is 18.6. The molecular formula is C20H31N3O3. The minimum atomic E-state index is -0.110. The summed E-state index contributed by atoms with van der Waals surface area (Å²) in [5.74, 6) is 0.0200. The number of ether oxygens (including phenoxy) is 1. The number of hydrogen-bond donors (Lipinski definition) is 2. The van der Waals surface area contributed by atoms with E-state index in [9.17, 15) is 9.59 Å². The number of hydrogen-bond acceptors (Lipinski definition) is 4. The Labute approximate surface area is 156 Å². The molecule has 0 aromatic heterocycles. The van der Waals surface area contributed by atoms with Gasteiger partial charge in [0.25, 0.3) is 0 Å². The molecule has 1 saturated heterocycles. The standard InChI is InChI=1S/C20H31N3O3/c21-11-12-22-20(25)18-8-4-13-23(16-18)19(24)9-5-14-26-15-10-17-6-2-1-3-7-17/h1-3,6-7,18H,4-5,8-16,21H2,(H,22,25). The van der Waals surface area contributed by atoms with E-state index in [4.69, 9.17) is 10.5 Å². The third-order valence-electron chi connectivity index (χ3n) is 4.65. The molecule has 0 saturated carbocycles. The lowest BCUT2D eigenvalue weighted by molar-refractivity contribution is -0.136. The lowest BCUT2D eigenvalue weighted by atomic mass is 9.96. The normalized spacial score (nSPS) is 17.1. The number of carbonyl (C=O) groups excluding carboxylic acids is 2. The van der Waals surface area contributed by atoms with Crippen LogP contribution in [0.25, 0.3) is 0 Å². The first-order valence-electron chi connectivity index (χ1n) is 9.58. The summed E-state index contributed by atoms with van der Waals surface area (Å²) >= 11 is 0. The number of rotatable bonds is 10. The van der Waals surface area contributed by atoms with Gasteiger partial charge in [0.05, 0.1) is 12.5 Å². The average molecular weight is 361 g/mol. The van der Waals surface area contributed by atoms with Crippen molar-refractivity contribution in [3.8, 4) is 0 Å². The van der Waals surface area contributed by atoms with Gasteiger partial charge in [0.1, 0.15) is 0 Å². The molecule has 1 heterocycles. The second kappa shape index (κ2) is 11.6. The Morgan fingerprint density at radius 3 is 2.81 bits per heavy atom. The summed E-state index contributed by atoms with van der Waals surface area (Å²) in [7, 11) is 0. The van der Waals surface area contributed by atoms with E-state index < -0.39 is 0 Å². The maximum absolute atomic E-state index is 12.4. The molecule has 26 heavy (non-hydrogen) atoms. The number of piperidine rings is 1. The van der Waals surface area contributed by atoms with Crippen LogP contribution in [-0.4, -0.2) is 56.1 Å². The lowest BCUT2D eigenvalue weighted by Crippen LogP contribution is -2.46. The summed E-state index contributed by atoms with van der Waals surface area (Å²) in [5.41, 5.74) is 6.67. The van der Waals surface area contributed by atoms with E-state index in [2.05, 4.69) is 17.4 Å². The van der Waals surface area contributed by atoms with Gasteiger partial charge in [-0.25, -0.2) is 0 Å². The molecule has 1 atom stereocenters. The molecule has 0 bridgehead atoms. The van der Waals surface area contributed by atoms with Gasteiger partial charge < -0.3 is 20.7 Å². The van der Waals surface area contributed by atoms with Crippen molar-refractivity contribution in [1.82, 2.24) is 10.2 Å². The van der Waals surface area contributed by atoms with Crippen LogP contribution in [0.5, 0.6) is 0 Å². The predicted octanol–water partition coefficient (Wildman–Crippen LogP) is 1.34. The second-order valence-electron chi connectivity index (χ2n) is 6.71. The highest BCUT2D eigenvalue weighted by Gasteiger charge is 2.27. The van der Waals surface area contributed by atoms with Gasteiger partial charge in [0, 0.05) is 39.2 Å². The predicted molar refractivity (Wildman–Crippen MR) is 102 cm³/mol. The molecule has 144 valence electrons. The zero-order valence-electron chi connectivity index (χ0n) is 15.5. The molecule has 1 fully saturated rings. The van der Waals surface area contributed by atoms with Crippen molar-refractivity contribution < 1.29 is 14.3 Å². The van der Waals surface area contributed by atoms with Crippen molar-refractivity contribution in [3.63, 3.8) is 0 Å². The largest absolute Gasteiger partial charge is 0.381 e. The molecule has 0 spiro atoms. The molecule has 6 heteroatoms. The van der Waals surface area contributed by atoms with Crippen molar-refractivity contribution >= 4 is 11.8 Å². The Balaban J connectivity index is 1.59. The van der Waals surface area contributed by atoms with Gasteiger partial charge in [-0.15, -0.1) is 0 Å². The number of nitrogens with zero attached hydrogens (tertiary/aromatic N) is 1. The molecule has 2 rings (SSSR count). The topological polar surface area (TPSA) is 84.7 Å². The van der Waals surface area contributed by atoms with Crippen molar-refractivity contribution in [2.45, 2.75) is 32.1 Å². The molecule has 2 amide bonds. The summed E-state index contributed by atoms with van der Waals surface area (Å²) in [4.78, 5) is 26.2. The maximum Gasteiger partial charge on any atom is 0.224 e. The highest BCUT2D eigenvalue weighted by atomic mass is 16.5. The Bertz CT molecular complexity index is 550. The Hall–Kier alpha value is -1.92. The summed E-state index contributed by atoms with van der Waals surface area (Å²) in [6, 6.07) is 10.2. The quantitative estimate of drug-likeness (QED) is 0.616. The van der Waals surface area contributed by atoms with E-state index >= 15 is 0 Å². The van der Waals surface area contributed by atoms with Crippen molar-refractivity contribution in [2.75, 3.05) is 39.4 Å². The minimum Gasteiger partial charge on any atom is -0.381 e. The number of nitrogens with two attached hydrogens (primary N) is 1. The van der Waals surface area contributed by atoms with Crippen molar-refractivity contribution in [3.05, 3.63) is 35.9 Å². The second-order valence-corrected chi connectivity index (χ2v) is 6.71. The van der Waals surface area contributed by atoms with Crippen LogP contribution in [0.3, 0.4) is 0 Å². The first-order chi connectivity index (χ1) is 12.7. The zero-order valence-corrected chi connectivity index (χ0v) is 15.5. The van der Waals surface area contributed by atoms with Crippen LogP contribution >= 0.6 is 0 Å². The molecule has 1 unspecified atom stereocenters. The van der Waals surface area contributed by atoms with Gasteiger partial charge in [0.15, 0.2) is 0 Å². The fraction of sp³-hybridized carbons (Fsp3) is 0.600. The summed E-state index contributed by atoms with van der Waals surface area (Å²) < 4.78 is 5.63. The monoisotopic (exact) mass is 361 g/mol. The fourth-order valence-electron chi connectivity index (χ4n) is 3.18. The first kappa shape index (κ1) is 20.4. The molecule has 1 aliphatic rings. The van der Waals surface area contributed by atoms with Gasteiger partial charge in [0.2, 0.25) is 11.8 Å². The molecule has 3 N–H and O–H groups in total. The molecule has 0 aliphatic carbocycles. The van der Waals surface area contributed by atoms with Crippen LogP contribution in [0.1, 0.15) is 31.2 Å². The van der Waals surface area contributed by atoms with E-state index in [0.29, 0.717) is 45.7 Å². The third-order valence-corrected chi connectivity index (χ3v) is 4.65. The van der Waals surface area contributed by atoms with Gasteiger partial charge in [-0.1, -0.05) is 30.3 Å². The summed E-state index contributed by atoms with van der Waals surface area (Å²) in [6.45, 7) is 3.45. The van der Waals surface area contributed by atoms with Crippen LogP contribution in [0.2, 0.25) is 0 Å². The molecule has 6 nitrogen and oxygen atoms in total. The molecule has 0 radical (unpaired) electrons. The van der Waals surface area contributed by atoms with E-state index in [-0.39, 0.29) is 17.7 Å². The number of benzene rings is 1. The van der Waals surface area contributed by atoms with Gasteiger partial charge in [-0.3, -0.25) is 9.59 Å². The molecular weight excluding hydrogens is 330 g/mol. The van der Waals surface area contributed by atoms with Gasteiger partial charge in [-0.2, -0.15) is 0 Å². The van der Waals surface area contributed by atoms with E-state index in [0.717, 1.165) is 25.8 Å². The van der Waals surface area contributed by atoms with Gasteiger partial charge >= 0.3 is 0 Å². The van der Waals surface area contributed by atoms with Crippen LogP contribution in [0, 0.1) is 5.92 Å². The van der Waals surface area contributed by atoms with Gasteiger partial charge in [-0.05, 0) is 31.2 Å². The number of nitrogens with one attached hydrogen (secondary N) is 1. The van der Waals surface area contributed by atoms with E-state index in [1.165, 1.54) is 5.56 Å². The summed E-state index contributed by atoms with van der Waals surface area (Å²) in [5, 5.41) is 2.82. The van der Waals surface area contributed by atoms with Crippen LogP contribution in [0.15, 0.2) is 30.3 Å². The third kappa shape index (κ3) is 7.14. The van der Waals surface area contributed by atoms with Crippen LogP contribution < -0.4 is 11.1 Å². The van der Waals surface area contributed by atoms with E-state index in [1.54, 1.807) is 0 Å². The van der Waals surface area contributed by atoms with Crippen molar-refractivity contribution in [2.24, 2.45) is 11.7 Å². The molecule has 1 aromatic rings. The Kier molecular flexibility index (Phi) is 9.14. The minimum absolute atomic E-state index is 0.0113. The highest BCUT2D eigenvalue weighted by molar-refractivity contribution is 5.81. The Morgan fingerprint density at radius 1 is 1.23 bits per heavy atom. The average Bonchev–Trinajstić information content (AvgIpc) is 2.69. The number of likely N-dealkylation sites (tertiary alicyclic amines) is 1. The highest BCUT2D eigenvalue weighted by Crippen LogP contribution is 2.17. The van der Waals surface area contributed by atoms with Crippen molar-refractivity contribution in [1.29, 1.82) is 0 Å². The SMILES string of the molecule is NCCNC(=O)C1CCCN(C(=O)CCCOCCc2ccccc2)C1. The maximum atomic E-state index is 12.4. The fourth-order valence-corrected chi connectivity index (χ4v) is 3.18. The molecule has 1 aromatic carbocycles. The van der Waals surface area contributed by atoms with Crippen LogP contribution in [-0.2, 0) is 20.7 Å². The first-order valence-corrected chi connectivity index (χ1v) is 9.58. The molecule has 1 aliphatic heterocycles. The lowest BCUT2D eigenvalue weighted by Gasteiger charge is -2.32. The Morgan fingerprint density at radius 2 is 2.04 bits per heavy atom. The van der Waals surface area contributed by atoms with Crippen LogP contribution in [0.4, 0.5) is 0 Å². The number of amides is 2. The summed E-state index contributed by atoms with van der Waals surface area (Å²) in [6.07, 6.45) is 3.79. The number of carbonyl (C=O) groups is 2.